The lowest BCUT2D eigenvalue weighted by atomic mass is 9.79. The van der Waals surface area contributed by atoms with Gasteiger partial charge in [-0.2, -0.15) is 13.2 Å². The van der Waals surface area contributed by atoms with Crippen molar-refractivity contribution in [1.82, 2.24) is 5.32 Å². The molecule has 23 heavy (non-hydrogen) atoms. The standard InChI is InChI=1S/C16H18F3NO3/c17-16(18,19)12-7-5-10(6-8-12)14(21)20-9-11-3-1-2-4-13(11)15(22)23/h5-8,11,13H,1-4,9H2,(H,20,21)(H,22,23)/t11-,13-/m0/s1. The number of carboxylic acid groups (broad SMARTS) is 1. The minimum Gasteiger partial charge on any atom is -0.481 e. The Morgan fingerprint density at radius 1 is 1.13 bits per heavy atom. The van der Waals surface area contributed by atoms with Crippen LogP contribution >= 0.6 is 0 Å². The number of halogens is 3. The van der Waals surface area contributed by atoms with Crippen LogP contribution < -0.4 is 5.32 Å². The van der Waals surface area contributed by atoms with Crippen LogP contribution in [-0.4, -0.2) is 23.5 Å². The Morgan fingerprint density at radius 3 is 2.30 bits per heavy atom. The van der Waals surface area contributed by atoms with Crippen molar-refractivity contribution in [3.05, 3.63) is 35.4 Å². The third-order valence-corrected chi connectivity index (χ3v) is 4.23. The molecule has 0 spiro atoms. The molecule has 2 N–H and O–H groups in total. The monoisotopic (exact) mass is 329 g/mol. The molecule has 1 saturated carbocycles. The van der Waals surface area contributed by atoms with Gasteiger partial charge in [-0.05, 0) is 43.0 Å². The average Bonchev–Trinajstić information content (AvgIpc) is 2.52. The highest BCUT2D eigenvalue weighted by atomic mass is 19.4. The zero-order valence-electron chi connectivity index (χ0n) is 12.4. The number of amides is 1. The van der Waals surface area contributed by atoms with Crippen molar-refractivity contribution >= 4 is 11.9 Å². The summed E-state index contributed by atoms with van der Waals surface area (Å²) in [6.07, 6.45) is -1.34. The summed E-state index contributed by atoms with van der Waals surface area (Å²) in [4.78, 5) is 23.2. The van der Waals surface area contributed by atoms with E-state index in [2.05, 4.69) is 5.32 Å². The Kier molecular flexibility index (Phi) is 5.28. The number of aliphatic carboxylic acids is 1. The van der Waals surface area contributed by atoms with E-state index in [1.807, 2.05) is 0 Å². The summed E-state index contributed by atoms with van der Waals surface area (Å²) < 4.78 is 37.4. The fourth-order valence-electron chi connectivity index (χ4n) is 2.91. The fourth-order valence-corrected chi connectivity index (χ4v) is 2.91. The molecule has 0 bridgehead atoms. The molecule has 1 aromatic rings. The molecule has 0 saturated heterocycles. The van der Waals surface area contributed by atoms with Crippen molar-refractivity contribution in [2.75, 3.05) is 6.54 Å². The first-order chi connectivity index (χ1) is 10.8. The van der Waals surface area contributed by atoms with Crippen molar-refractivity contribution in [3.63, 3.8) is 0 Å². The van der Waals surface area contributed by atoms with Gasteiger partial charge < -0.3 is 10.4 Å². The second-order valence-electron chi connectivity index (χ2n) is 5.77. The van der Waals surface area contributed by atoms with E-state index in [-0.39, 0.29) is 18.0 Å². The molecule has 0 aliphatic heterocycles. The second-order valence-corrected chi connectivity index (χ2v) is 5.77. The van der Waals surface area contributed by atoms with Gasteiger partial charge in [0.05, 0.1) is 11.5 Å². The van der Waals surface area contributed by atoms with E-state index >= 15 is 0 Å². The molecule has 0 heterocycles. The van der Waals surface area contributed by atoms with E-state index in [0.717, 1.165) is 43.5 Å². The molecule has 2 atom stereocenters. The maximum absolute atomic E-state index is 12.5. The predicted molar refractivity (Wildman–Crippen MR) is 76.9 cm³/mol. The van der Waals surface area contributed by atoms with E-state index in [9.17, 15) is 27.9 Å². The van der Waals surface area contributed by atoms with E-state index in [1.165, 1.54) is 0 Å². The highest BCUT2D eigenvalue weighted by Gasteiger charge is 2.32. The normalized spacial score (nSPS) is 21.7. The third kappa shape index (κ3) is 4.46. The maximum atomic E-state index is 12.5. The average molecular weight is 329 g/mol. The topological polar surface area (TPSA) is 66.4 Å². The third-order valence-electron chi connectivity index (χ3n) is 4.23. The quantitative estimate of drug-likeness (QED) is 0.890. The highest BCUT2D eigenvalue weighted by Crippen LogP contribution is 2.30. The number of nitrogens with one attached hydrogen (secondary N) is 1. The number of hydrogen-bond acceptors (Lipinski definition) is 2. The van der Waals surface area contributed by atoms with E-state index in [1.54, 1.807) is 0 Å². The summed E-state index contributed by atoms with van der Waals surface area (Å²) in [5.41, 5.74) is -0.687. The number of benzene rings is 1. The molecule has 1 amide bonds. The minimum absolute atomic E-state index is 0.126. The van der Waals surface area contributed by atoms with Crippen molar-refractivity contribution in [2.24, 2.45) is 11.8 Å². The first-order valence-electron chi connectivity index (χ1n) is 7.47. The molecule has 0 aromatic heterocycles. The molecule has 1 aliphatic carbocycles. The molecular weight excluding hydrogens is 311 g/mol. The molecule has 1 fully saturated rings. The largest absolute Gasteiger partial charge is 0.481 e. The Hall–Kier alpha value is -2.05. The lowest BCUT2D eigenvalue weighted by Gasteiger charge is -2.28. The molecule has 0 unspecified atom stereocenters. The maximum Gasteiger partial charge on any atom is 0.416 e. The molecule has 0 radical (unpaired) electrons. The fraction of sp³-hybridized carbons (Fsp3) is 0.500. The van der Waals surface area contributed by atoms with Gasteiger partial charge in [0.15, 0.2) is 0 Å². The number of alkyl halides is 3. The number of carboxylic acids is 1. The Balaban J connectivity index is 1.95. The van der Waals surface area contributed by atoms with Crippen LogP contribution in [0.1, 0.15) is 41.6 Å². The van der Waals surface area contributed by atoms with Gasteiger partial charge in [0.25, 0.3) is 5.91 Å². The predicted octanol–water partition coefficient (Wildman–Crippen LogP) is 3.33. The summed E-state index contributed by atoms with van der Waals surface area (Å²) in [6.45, 7) is 0.219. The highest BCUT2D eigenvalue weighted by molar-refractivity contribution is 5.94. The van der Waals surface area contributed by atoms with Crippen LogP contribution in [0.2, 0.25) is 0 Å². The summed E-state index contributed by atoms with van der Waals surface area (Å²) in [5, 5.41) is 11.8. The summed E-state index contributed by atoms with van der Waals surface area (Å²) in [5.74, 6) is -1.97. The van der Waals surface area contributed by atoms with Crippen molar-refractivity contribution in [1.29, 1.82) is 0 Å². The lowest BCUT2D eigenvalue weighted by Crippen LogP contribution is -2.37. The van der Waals surface area contributed by atoms with Gasteiger partial charge in [-0.1, -0.05) is 12.8 Å². The SMILES string of the molecule is O=C(NC[C@@H]1CCCC[C@@H]1C(=O)O)c1ccc(C(F)(F)F)cc1. The van der Waals surface area contributed by atoms with Gasteiger partial charge in [-0.25, -0.2) is 0 Å². The van der Waals surface area contributed by atoms with Crippen molar-refractivity contribution in [2.45, 2.75) is 31.9 Å². The van der Waals surface area contributed by atoms with E-state index < -0.39 is 29.5 Å². The number of carbonyl (C=O) groups excluding carboxylic acids is 1. The Labute approximate surface area is 131 Å². The zero-order chi connectivity index (χ0) is 17.0. The summed E-state index contributed by atoms with van der Waals surface area (Å²) >= 11 is 0. The summed E-state index contributed by atoms with van der Waals surface area (Å²) in [6, 6.07) is 3.95. The van der Waals surface area contributed by atoms with Crippen LogP contribution in [0, 0.1) is 11.8 Å². The molecule has 7 heteroatoms. The first-order valence-corrected chi connectivity index (χ1v) is 7.47. The van der Waals surface area contributed by atoms with Crippen LogP contribution in [0.3, 0.4) is 0 Å². The Morgan fingerprint density at radius 2 is 1.74 bits per heavy atom. The first kappa shape index (κ1) is 17.3. The van der Waals surface area contributed by atoms with Crippen LogP contribution in [0.15, 0.2) is 24.3 Å². The zero-order valence-corrected chi connectivity index (χ0v) is 12.4. The van der Waals surface area contributed by atoms with E-state index in [4.69, 9.17) is 0 Å². The molecule has 4 nitrogen and oxygen atoms in total. The molecule has 2 rings (SSSR count). The number of rotatable bonds is 4. The van der Waals surface area contributed by atoms with Crippen LogP contribution in [0.25, 0.3) is 0 Å². The lowest BCUT2D eigenvalue weighted by molar-refractivity contribution is -0.144. The van der Waals surface area contributed by atoms with Crippen LogP contribution in [0.4, 0.5) is 13.2 Å². The van der Waals surface area contributed by atoms with Crippen molar-refractivity contribution in [3.8, 4) is 0 Å². The van der Waals surface area contributed by atoms with Gasteiger partial charge >= 0.3 is 12.1 Å². The number of hydrogen-bond donors (Lipinski definition) is 2. The van der Waals surface area contributed by atoms with Crippen molar-refractivity contribution < 1.29 is 27.9 Å². The minimum atomic E-state index is -4.44. The summed E-state index contributed by atoms with van der Waals surface area (Å²) in [7, 11) is 0. The van der Waals surface area contributed by atoms with Gasteiger partial charge in [0.2, 0.25) is 0 Å². The molecular formula is C16H18F3NO3. The van der Waals surface area contributed by atoms with Gasteiger partial charge in [0.1, 0.15) is 0 Å². The van der Waals surface area contributed by atoms with Crippen LogP contribution in [-0.2, 0) is 11.0 Å². The second kappa shape index (κ2) is 7.02. The van der Waals surface area contributed by atoms with Gasteiger partial charge in [0, 0.05) is 12.1 Å². The number of carbonyl (C=O) groups is 2. The molecule has 1 aliphatic rings. The molecule has 126 valence electrons. The smallest absolute Gasteiger partial charge is 0.416 e. The Bertz CT molecular complexity index is 569. The van der Waals surface area contributed by atoms with Crippen LogP contribution in [0.5, 0.6) is 0 Å². The molecule has 1 aromatic carbocycles. The van der Waals surface area contributed by atoms with E-state index in [0.29, 0.717) is 6.42 Å². The van der Waals surface area contributed by atoms with Gasteiger partial charge in [-0.15, -0.1) is 0 Å². The van der Waals surface area contributed by atoms with Gasteiger partial charge in [-0.3, -0.25) is 9.59 Å².